The zero-order valence-electron chi connectivity index (χ0n) is 12.7. The summed E-state index contributed by atoms with van der Waals surface area (Å²) < 4.78 is 24.2. The van der Waals surface area contributed by atoms with E-state index in [1.165, 1.54) is 6.07 Å². The highest BCUT2D eigenvalue weighted by molar-refractivity contribution is 6.00. The summed E-state index contributed by atoms with van der Waals surface area (Å²) in [6.07, 6.45) is 0.707. The largest absolute Gasteiger partial charge is 0.382 e. The van der Waals surface area contributed by atoms with E-state index in [0.29, 0.717) is 31.9 Å². The minimum atomic E-state index is -0.443. The lowest BCUT2D eigenvalue weighted by Crippen LogP contribution is -2.26. The Balaban J connectivity index is 2.13. The quantitative estimate of drug-likeness (QED) is 0.799. The average Bonchev–Trinajstić information content (AvgIpc) is 2.89. The molecule has 0 aliphatic heterocycles. The molecule has 1 aromatic carbocycles. The second-order valence-electron chi connectivity index (χ2n) is 4.75. The number of nitrogens with one attached hydrogen (secondary N) is 1. The SMILES string of the molecule is CCOCCCNC(=O)c1c(-c2ccccc2F)noc1C. The lowest BCUT2D eigenvalue weighted by molar-refractivity contribution is 0.0943. The Morgan fingerprint density at radius 3 is 2.91 bits per heavy atom. The van der Waals surface area contributed by atoms with Gasteiger partial charge in [-0.25, -0.2) is 4.39 Å². The van der Waals surface area contributed by atoms with Crippen LogP contribution in [0.3, 0.4) is 0 Å². The second kappa shape index (κ2) is 7.70. The number of nitrogens with zero attached hydrogens (tertiary/aromatic N) is 1. The van der Waals surface area contributed by atoms with Gasteiger partial charge in [-0.15, -0.1) is 0 Å². The Labute approximate surface area is 128 Å². The fourth-order valence-corrected chi connectivity index (χ4v) is 2.09. The highest BCUT2D eigenvalue weighted by Gasteiger charge is 2.22. The summed E-state index contributed by atoms with van der Waals surface area (Å²) in [7, 11) is 0. The second-order valence-corrected chi connectivity index (χ2v) is 4.75. The molecule has 0 saturated heterocycles. The van der Waals surface area contributed by atoms with Crippen molar-refractivity contribution in [2.75, 3.05) is 19.8 Å². The Morgan fingerprint density at radius 2 is 2.18 bits per heavy atom. The molecule has 6 heteroatoms. The van der Waals surface area contributed by atoms with Crippen molar-refractivity contribution in [3.8, 4) is 11.3 Å². The minimum Gasteiger partial charge on any atom is -0.382 e. The van der Waals surface area contributed by atoms with E-state index in [1.54, 1.807) is 25.1 Å². The average molecular weight is 306 g/mol. The molecule has 1 aromatic heterocycles. The number of carbonyl (C=O) groups excluding carboxylic acids is 1. The van der Waals surface area contributed by atoms with Crippen LogP contribution in [0.1, 0.15) is 29.5 Å². The van der Waals surface area contributed by atoms with Crippen LogP contribution in [0.4, 0.5) is 4.39 Å². The third-order valence-corrected chi connectivity index (χ3v) is 3.17. The maximum atomic E-state index is 13.9. The van der Waals surface area contributed by atoms with Crippen LogP contribution in [0.2, 0.25) is 0 Å². The van der Waals surface area contributed by atoms with Crippen LogP contribution < -0.4 is 5.32 Å². The van der Waals surface area contributed by atoms with Crippen LogP contribution in [-0.4, -0.2) is 30.8 Å². The van der Waals surface area contributed by atoms with Crippen LogP contribution in [0.5, 0.6) is 0 Å². The fourth-order valence-electron chi connectivity index (χ4n) is 2.09. The van der Waals surface area contributed by atoms with Crippen molar-refractivity contribution in [3.63, 3.8) is 0 Å². The molecular weight excluding hydrogens is 287 g/mol. The van der Waals surface area contributed by atoms with Gasteiger partial charge in [0.25, 0.3) is 5.91 Å². The van der Waals surface area contributed by atoms with Gasteiger partial charge >= 0.3 is 0 Å². The monoisotopic (exact) mass is 306 g/mol. The van der Waals surface area contributed by atoms with E-state index in [0.717, 1.165) is 0 Å². The number of halogens is 1. The zero-order valence-corrected chi connectivity index (χ0v) is 12.7. The molecule has 0 saturated carbocycles. The molecule has 118 valence electrons. The fraction of sp³-hybridized carbons (Fsp3) is 0.375. The summed E-state index contributed by atoms with van der Waals surface area (Å²) in [6.45, 7) is 5.25. The van der Waals surface area contributed by atoms with Crippen LogP contribution in [0.15, 0.2) is 28.8 Å². The smallest absolute Gasteiger partial charge is 0.257 e. The van der Waals surface area contributed by atoms with E-state index in [9.17, 15) is 9.18 Å². The molecule has 1 amide bonds. The van der Waals surface area contributed by atoms with Gasteiger partial charge in [0.1, 0.15) is 22.8 Å². The molecule has 0 fully saturated rings. The molecule has 0 aliphatic rings. The van der Waals surface area contributed by atoms with Crippen LogP contribution in [0.25, 0.3) is 11.3 Å². The maximum absolute atomic E-state index is 13.9. The number of hydrogen-bond donors (Lipinski definition) is 1. The van der Waals surface area contributed by atoms with Crippen LogP contribution in [0, 0.1) is 12.7 Å². The van der Waals surface area contributed by atoms with Gasteiger partial charge in [0.15, 0.2) is 0 Å². The van der Waals surface area contributed by atoms with Crippen molar-refractivity contribution in [2.45, 2.75) is 20.3 Å². The van der Waals surface area contributed by atoms with Crippen molar-refractivity contribution in [3.05, 3.63) is 41.4 Å². The summed E-state index contributed by atoms with van der Waals surface area (Å²) in [5.41, 5.74) is 0.734. The molecule has 0 aliphatic carbocycles. The molecule has 2 rings (SSSR count). The van der Waals surface area contributed by atoms with Crippen molar-refractivity contribution in [2.24, 2.45) is 0 Å². The Kier molecular flexibility index (Phi) is 5.66. The lowest BCUT2D eigenvalue weighted by atomic mass is 10.1. The van der Waals surface area contributed by atoms with E-state index in [4.69, 9.17) is 9.26 Å². The number of ether oxygens (including phenoxy) is 1. The molecule has 2 aromatic rings. The number of aryl methyl sites for hydroxylation is 1. The van der Waals surface area contributed by atoms with Crippen LogP contribution in [-0.2, 0) is 4.74 Å². The Morgan fingerprint density at radius 1 is 1.41 bits per heavy atom. The summed E-state index contributed by atoms with van der Waals surface area (Å²) in [4.78, 5) is 12.3. The van der Waals surface area contributed by atoms with Gasteiger partial charge in [-0.3, -0.25) is 4.79 Å². The number of hydrogen-bond acceptors (Lipinski definition) is 4. The Bertz CT molecular complexity index is 640. The summed E-state index contributed by atoms with van der Waals surface area (Å²) in [5, 5.41) is 6.60. The first-order valence-corrected chi connectivity index (χ1v) is 7.22. The van der Waals surface area contributed by atoms with Gasteiger partial charge in [-0.2, -0.15) is 0 Å². The van der Waals surface area contributed by atoms with Gasteiger partial charge in [0.05, 0.1) is 0 Å². The first kappa shape index (κ1) is 16.2. The first-order valence-electron chi connectivity index (χ1n) is 7.22. The van der Waals surface area contributed by atoms with E-state index >= 15 is 0 Å². The highest BCUT2D eigenvalue weighted by Crippen LogP contribution is 2.27. The molecular formula is C16H19FN2O3. The Hall–Kier alpha value is -2.21. The number of carbonyl (C=O) groups is 1. The normalized spacial score (nSPS) is 10.7. The standard InChI is InChI=1S/C16H19FN2O3/c1-3-21-10-6-9-18-16(20)14-11(2)22-19-15(14)12-7-4-5-8-13(12)17/h4-5,7-8H,3,6,9-10H2,1-2H3,(H,18,20). The van der Waals surface area contributed by atoms with E-state index < -0.39 is 5.82 Å². The van der Waals surface area contributed by atoms with E-state index in [-0.39, 0.29) is 22.7 Å². The van der Waals surface area contributed by atoms with Gasteiger partial charge < -0.3 is 14.6 Å². The number of benzene rings is 1. The number of amides is 1. The minimum absolute atomic E-state index is 0.220. The molecule has 1 N–H and O–H groups in total. The van der Waals surface area contributed by atoms with Crippen molar-refractivity contribution in [1.29, 1.82) is 0 Å². The lowest BCUT2D eigenvalue weighted by Gasteiger charge is -2.06. The van der Waals surface area contributed by atoms with Gasteiger partial charge in [0.2, 0.25) is 0 Å². The molecule has 0 unspecified atom stereocenters. The third kappa shape index (κ3) is 3.71. The predicted molar refractivity (Wildman–Crippen MR) is 80.1 cm³/mol. The molecule has 0 radical (unpaired) electrons. The topological polar surface area (TPSA) is 64.4 Å². The van der Waals surface area contributed by atoms with Gasteiger partial charge in [0, 0.05) is 25.3 Å². The maximum Gasteiger partial charge on any atom is 0.257 e. The molecule has 5 nitrogen and oxygen atoms in total. The highest BCUT2D eigenvalue weighted by atomic mass is 19.1. The first-order chi connectivity index (χ1) is 10.6. The van der Waals surface area contributed by atoms with Crippen LogP contribution >= 0.6 is 0 Å². The zero-order chi connectivity index (χ0) is 15.9. The van der Waals surface area contributed by atoms with Gasteiger partial charge in [-0.1, -0.05) is 17.3 Å². The van der Waals surface area contributed by atoms with Crippen molar-refractivity contribution >= 4 is 5.91 Å². The third-order valence-electron chi connectivity index (χ3n) is 3.17. The van der Waals surface area contributed by atoms with E-state index in [2.05, 4.69) is 10.5 Å². The number of rotatable bonds is 7. The van der Waals surface area contributed by atoms with E-state index in [1.807, 2.05) is 6.92 Å². The molecule has 1 heterocycles. The summed E-state index contributed by atoms with van der Waals surface area (Å²) >= 11 is 0. The molecule has 0 spiro atoms. The van der Waals surface area contributed by atoms with Gasteiger partial charge in [-0.05, 0) is 32.4 Å². The predicted octanol–water partition coefficient (Wildman–Crippen LogP) is 2.95. The van der Waals surface area contributed by atoms with Crippen molar-refractivity contribution in [1.82, 2.24) is 10.5 Å². The summed E-state index contributed by atoms with van der Waals surface area (Å²) in [6, 6.07) is 6.16. The molecule has 0 bridgehead atoms. The number of aromatic nitrogens is 1. The van der Waals surface area contributed by atoms with Crippen molar-refractivity contribution < 1.29 is 18.4 Å². The summed E-state index contributed by atoms with van der Waals surface area (Å²) in [5.74, 6) is -0.407. The molecule has 0 atom stereocenters. The molecule has 22 heavy (non-hydrogen) atoms.